The molecule has 0 fully saturated rings. The highest BCUT2D eigenvalue weighted by molar-refractivity contribution is 5.72. The monoisotopic (exact) mass is 237 g/mol. The zero-order chi connectivity index (χ0) is 12.7. The Balaban J connectivity index is 2.77. The highest BCUT2D eigenvalue weighted by Crippen LogP contribution is 2.13. The fourth-order valence-corrected chi connectivity index (χ4v) is 1.10. The molecule has 1 rings (SSSR count). The Kier molecular flexibility index (Phi) is 4.95. The summed E-state index contributed by atoms with van der Waals surface area (Å²) in [7, 11) is 1.41. The molecule has 1 aromatic rings. The van der Waals surface area contributed by atoms with Gasteiger partial charge in [-0.15, -0.1) is 0 Å². The molecule has 0 saturated carbocycles. The zero-order valence-corrected chi connectivity index (χ0v) is 9.62. The van der Waals surface area contributed by atoms with Crippen LogP contribution in [-0.2, 0) is 9.53 Å². The maximum absolute atomic E-state index is 12.9. The van der Waals surface area contributed by atoms with Gasteiger partial charge in [0.15, 0.2) is 0 Å². The van der Waals surface area contributed by atoms with Crippen LogP contribution in [0.4, 0.5) is 4.39 Å². The highest BCUT2D eigenvalue weighted by Gasteiger charge is 2.03. The number of methoxy groups -OCH3 is 1. The van der Waals surface area contributed by atoms with Crippen LogP contribution < -0.4 is 4.74 Å². The predicted molar refractivity (Wildman–Crippen MR) is 58.9 cm³/mol. The molecule has 0 atom stereocenters. The molecule has 17 heavy (non-hydrogen) atoms. The average Bonchev–Trinajstić information content (AvgIpc) is 2.30. The van der Waals surface area contributed by atoms with E-state index in [1.54, 1.807) is 6.92 Å². The lowest BCUT2D eigenvalue weighted by atomic mass is 10.2. The van der Waals surface area contributed by atoms with Crippen molar-refractivity contribution >= 4 is 5.97 Å². The Morgan fingerprint density at radius 2 is 2.35 bits per heavy atom. The number of halogens is 1. The molecule has 0 N–H and O–H groups in total. The van der Waals surface area contributed by atoms with E-state index in [9.17, 15) is 9.18 Å². The summed E-state index contributed by atoms with van der Waals surface area (Å²) >= 11 is 0. The maximum atomic E-state index is 12.9. The molecule has 90 valence electrons. The normalized spacial score (nSPS) is 9.12. The largest absolute Gasteiger partial charge is 0.480 e. The minimum atomic E-state index is -0.508. The van der Waals surface area contributed by atoms with Gasteiger partial charge in [-0.05, 0) is 13.0 Å². The second-order valence-electron chi connectivity index (χ2n) is 2.99. The standard InChI is InChI=1S/C12H12FNO3/c1-3-17-11(15)6-4-5-9-7-10(13)8-14-12(9)16-2/h7-8H,3,6H2,1-2H3. The summed E-state index contributed by atoms with van der Waals surface area (Å²) in [6.45, 7) is 2.02. The lowest BCUT2D eigenvalue weighted by Gasteiger charge is -2.00. The zero-order valence-electron chi connectivity index (χ0n) is 9.62. The lowest BCUT2D eigenvalue weighted by Crippen LogP contribution is -2.01. The van der Waals surface area contributed by atoms with E-state index in [2.05, 4.69) is 16.8 Å². The Morgan fingerprint density at radius 3 is 3.00 bits per heavy atom. The van der Waals surface area contributed by atoms with Gasteiger partial charge >= 0.3 is 5.97 Å². The second kappa shape index (κ2) is 6.48. The fraction of sp³-hybridized carbons (Fsp3) is 0.333. The number of nitrogens with zero attached hydrogens (tertiary/aromatic N) is 1. The second-order valence-corrected chi connectivity index (χ2v) is 2.99. The van der Waals surface area contributed by atoms with Crippen LogP contribution in [0.5, 0.6) is 5.88 Å². The third kappa shape index (κ3) is 4.11. The summed E-state index contributed by atoms with van der Waals surface area (Å²) in [4.78, 5) is 14.7. The first-order chi connectivity index (χ1) is 8.17. The summed E-state index contributed by atoms with van der Waals surface area (Å²) in [5.74, 6) is 4.50. The highest BCUT2D eigenvalue weighted by atomic mass is 19.1. The van der Waals surface area contributed by atoms with Crippen molar-refractivity contribution in [3.05, 3.63) is 23.6 Å². The average molecular weight is 237 g/mol. The van der Waals surface area contributed by atoms with E-state index < -0.39 is 11.8 Å². The van der Waals surface area contributed by atoms with Crippen molar-refractivity contribution in [2.75, 3.05) is 13.7 Å². The molecule has 5 heteroatoms. The molecule has 0 aromatic carbocycles. The Hall–Kier alpha value is -2.09. The number of rotatable bonds is 3. The summed E-state index contributed by atoms with van der Waals surface area (Å²) in [5.41, 5.74) is 0.303. The molecule has 4 nitrogen and oxygen atoms in total. The van der Waals surface area contributed by atoms with Crippen LogP contribution in [-0.4, -0.2) is 24.7 Å². The van der Waals surface area contributed by atoms with E-state index in [0.717, 1.165) is 6.20 Å². The van der Waals surface area contributed by atoms with Gasteiger partial charge in [-0.3, -0.25) is 4.79 Å². The smallest absolute Gasteiger partial charge is 0.317 e. The van der Waals surface area contributed by atoms with Gasteiger partial charge in [0.2, 0.25) is 5.88 Å². The van der Waals surface area contributed by atoms with Gasteiger partial charge < -0.3 is 9.47 Å². The van der Waals surface area contributed by atoms with Crippen molar-refractivity contribution in [2.45, 2.75) is 13.3 Å². The van der Waals surface area contributed by atoms with Crippen LogP contribution >= 0.6 is 0 Å². The molecule has 0 amide bonds. The SMILES string of the molecule is CCOC(=O)CC#Cc1cc(F)cnc1OC. The summed E-state index contributed by atoms with van der Waals surface area (Å²) in [6, 6.07) is 1.20. The van der Waals surface area contributed by atoms with Gasteiger partial charge in [-0.1, -0.05) is 11.8 Å². The predicted octanol–water partition coefficient (Wildman–Crippen LogP) is 1.53. The Labute approximate surface area is 98.8 Å². The quantitative estimate of drug-likeness (QED) is 0.591. The number of pyridine rings is 1. The summed E-state index contributed by atoms with van der Waals surface area (Å²) in [6.07, 6.45) is 0.989. The van der Waals surface area contributed by atoms with Crippen molar-refractivity contribution < 1.29 is 18.7 Å². The number of hydrogen-bond acceptors (Lipinski definition) is 4. The van der Waals surface area contributed by atoms with E-state index in [4.69, 9.17) is 9.47 Å². The van der Waals surface area contributed by atoms with Crippen LogP contribution in [0, 0.1) is 17.7 Å². The van der Waals surface area contributed by atoms with Gasteiger partial charge in [0.05, 0.1) is 25.5 Å². The number of carbonyl (C=O) groups is 1. The van der Waals surface area contributed by atoms with Gasteiger partial charge in [0.25, 0.3) is 0 Å². The van der Waals surface area contributed by atoms with Crippen LogP contribution in [0.1, 0.15) is 18.9 Å². The molecule has 0 saturated heterocycles. The maximum Gasteiger partial charge on any atom is 0.317 e. The minimum Gasteiger partial charge on any atom is -0.480 e. The number of carbonyl (C=O) groups excluding carboxylic acids is 1. The number of aromatic nitrogens is 1. The number of hydrogen-bond donors (Lipinski definition) is 0. The van der Waals surface area contributed by atoms with Crippen molar-refractivity contribution in [3.63, 3.8) is 0 Å². The van der Waals surface area contributed by atoms with Crippen molar-refractivity contribution in [2.24, 2.45) is 0 Å². The van der Waals surface area contributed by atoms with E-state index in [1.807, 2.05) is 0 Å². The first-order valence-electron chi connectivity index (χ1n) is 5.01. The van der Waals surface area contributed by atoms with Crippen LogP contribution in [0.2, 0.25) is 0 Å². The van der Waals surface area contributed by atoms with Gasteiger partial charge in [-0.2, -0.15) is 0 Å². The third-order valence-electron chi connectivity index (χ3n) is 1.77. The first-order valence-corrected chi connectivity index (χ1v) is 5.01. The molecule has 0 unspecified atom stereocenters. The molecule has 0 radical (unpaired) electrons. The molecular weight excluding hydrogens is 225 g/mol. The van der Waals surface area contributed by atoms with Crippen LogP contribution in [0.25, 0.3) is 0 Å². The minimum absolute atomic E-state index is 0.0481. The molecule has 0 aliphatic rings. The Bertz CT molecular complexity index is 463. The van der Waals surface area contributed by atoms with Gasteiger partial charge in [-0.25, -0.2) is 9.37 Å². The molecule has 1 aromatic heterocycles. The third-order valence-corrected chi connectivity index (χ3v) is 1.77. The van der Waals surface area contributed by atoms with Crippen molar-refractivity contribution in [1.29, 1.82) is 0 Å². The molecule has 1 heterocycles. The van der Waals surface area contributed by atoms with E-state index in [-0.39, 0.29) is 12.3 Å². The van der Waals surface area contributed by atoms with Gasteiger partial charge in [0, 0.05) is 0 Å². The first kappa shape index (κ1) is 13.0. The van der Waals surface area contributed by atoms with Crippen molar-refractivity contribution in [1.82, 2.24) is 4.98 Å². The van der Waals surface area contributed by atoms with Gasteiger partial charge in [0.1, 0.15) is 12.2 Å². The van der Waals surface area contributed by atoms with Crippen molar-refractivity contribution in [3.8, 4) is 17.7 Å². The van der Waals surface area contributed by atoms with E-state index in [1.165, 1.54) is 13.2 Å². The topological polar surface area (TPSA) is 48.4 Å². The summed E-state index contributed by atoms with van der Waals surface area (Å²) in [5, 5.41) is 0. The van der Waals surface area contributed by atoms with E-state index in [0.29, 0.717) is 12.2 Å². The van der Waals surface area contributed by atoms with Crippen LogP contribution in [0.15, 0.2) is 12.3 Å². The molecule has 0 spiro atoms. The van der Waals surface area contributed by atoms with Crippen LogP contribution in [0.3, 0.4) is 0 Å². The number of ether oxygens (including phenoxy) is 2. The molecule has 0 bridgehead atoms. The molecule has 0 aliphatic heterocycles. The van der Waals surface area contributed by atoms with E-state index >= 15 is 0 Å². The number of esters is 1. The lowest BCUT2D eigenvalue weighted by molar-refractivity contribution is -0.141. The molecule has 0 aliphatic carbocycles. The fourth-order valence-electron chi connectivity index (χ4n) is 1.10. The summed E-state index contributed by atoms with van der Waals surface area (Å²) < 4.78 is 22.5. The Morgan fingerprint density at radius 1 is 1.59 bits per heavy atom. The molecular formula is C12H12FNO3.